The van der Waals surface area contributed by atoms with Crippen LogP contribution < -0.4 is 14.5 Å². The zero-order chi connectivity index (χ0) is 16.2. The standard InChI is InChI=1S/C16H18N6O/c1-21(2)16-14(4-3-8-18-16)23-13-7-9-22(11-13)15-6-5-12(10-17)19-20-15/h3-6,8,13H,7,9,11H2,1-2H3/t13-/m1/s1. The van der Waals surface area contributed by atoms with Crippen molar-refractivity contribution in [3.05, 3.63) is 36.2 Å². The Kier molecular flexibility index (Phi) is 4.24. The number of pyridine rings is 1. The van der Waals surface area contributed by atoms with Crippen molar-refractivity contribution in [2.24, 2.45) is 0 Å². The Balaban J connectivity index is 1.67. The fourth-order valence-electron chi connectivity index (χ4n) is 2.58. The minimum absolute atomic E-state index is 0.0790. The molecule has 0 unspecified atom stereocenters. The van der Waals surface area contributed by atoms with Gasteiger partial charge in [0.05, 0.1) is 6.54 Å². The molecule has 0 N–H and O–H groups in total. The molecule has 0 radical (unpaired) electrons. The third-order valence-corrected chi connectivity index (χ3v) is 3.70. The van der Waals surface area contributed by atoms with Gasteiger partial charge in [0.2, 0.25) is 0 Å². The number of nitrogens with zero attached hydrogens (tertiary/aromatic N) is 6. The summed E-state index contributed by atoms with van der Waals surface area (Å²) in [6.07, 6.45) is 2.74. The van der Waals surface area contributed by atoms with Crippen molar-refractivity contribution in [3.63, 3.8) is 0 Å². The molecule has 2 aromatic rings. The molecule has 7 heteroatoms. The predicted octanol–water partition coefficient (Wildman–Crippen LogP) is 1.47. The molecule has 1 fully saturated rings. The van der Waals surface area contributed by atoms with Gasteiger partial charge in [-0.05, 0) is 24.3 Å². The van der Waals surface area contributed by atoms with Gasteiger partial charge in [0.15, 0.2) is 23.1 Å². The largest absolute Gasteiger partial charge is 0.485 e. The number of aromatic nitrogens is 3. The van der Waals surface area contributed by atoms with Gasteiger partial charge >= 0.3 is 0 Å². The monoisotopic (exact) mass is 310 g/mol. The van der Waals surface area contributed by atoms with Crippen LogP contribution in [0.3, 0.4) is 0 Å². The van der Waals surface area contributed by atoms with Crippen molar-refractivity contribution in [1.29, 1.82) is 5.26 Å². The molecule has 7 nitrogen and oxygen atoms in total. The number of ether oxygens (including phenoxy) is 1. The van der Waals surface area contributed by atoms with Crippen LogP contribution in [0.5, 0.6) is 5.75 Å². The molecule has 1 aliphatic rings. The Morgan fingerprint density at radius 3 is 2.87 bits per heavy atom. The van der Waals surface area contributed by atoms with Gasteiger partial charge in [0.25, 0.3) is 0 Å². The lowest BCUT2D eigenvalue weighted by atomic mass is 10.3. The summed E-state index contributed by atoms with van der Waals surface area (Å²) in [6.45, 7) is 1.59. The summed E-state index contributed by atoms with van der Waals surface area (Å²) in [6, 6.07) is 9.29. The Labute approximate surface area is 135 Å². The average Bonchev–Trinajstić information content (AvgIpc) is 3.04. The average molecular weight is 310 g/mol. The molecular formula is C16H18N6O. The zero-order valence-corrected chi connectivity index (χ0v) is 13.2. The summed E-state index contributed by atoms with van der Waals surface area (Å²) in [5, 5.41) is 16.7. The zero-order valence-electron chi connectivity index (χ0n) is 13.2. The number of hydrogen-bond acceptors (Lipinski definition) is 7. The van der Waals surface area contributed by atoms with Crippen molar-refractivity contribution in [1.82, 2.24) is 15.2 Å². The molecule has 0 aromatic carbocycles. The lowest BCUT2D eigenvalue weighted by Gasteiger charge is -2.20. The first-order chi connectivity index (χ1) is 11.2. The van der Waals surface area contributed by atoms with Crippen LogP contribution in [0, 0.1) is 11.3 Å². The summed E-state index contributed by atoms with van der Waals surface area (Å²) in [5.74, 6) is 2.38. The van der Waals surface area contributed by atoms with Crippen LogP contribution in [-0.4, -0.2) is 48.5 Å². The van der Waals surface area contributed by atoms with Crippen LogP contribution in [0.25, 0.3) is 0 Å². The van der Waals surface area contributed by atoms with E-state index < -0.39 is 0 Å². The summed E-state index contributed by atoms with van der Waals surface area (Å²) in [5.41, 5.74) is 0.326. The van der Waals surface area contributed by atoms with Gasteiger partial charge in [-0.15, -0.1) is 10.2 Å². The smallest absolute Gasteiger partial charge is 0.170 e. The molecule has 1 aliphatic heterocycles. The highest BCUT2D eigenvalue weighted by atomic mass is 16.5. The van der Waals surface area contributed by atoms with Crippen LogP contribution in [-0.2, 0) is 0 Å². The molecule has 2 aromatic heterocycles. The molecular weight excluding hydrogens is 292 g/mol. The molecule has 0 spiro atoms. The van der Waals surface area contributed by atoms with E-state index in [1.54, 1.807) is 12.3 Å². The van der Waals surface area contributed by atoms with Crippen LogP contribution >= 0.6 is 0 Å². The van der Waals surface area contributed by atoms with E-state index >= 15 is 0 Å². The molecule has 1 atom stereocenters. The summed E-state index contributed by atoms with van der Waals surface area (Å²) >= 11 is 0. The topological polar surface area (TPSA) is 78.2 Å². The van der Waals surface area contributed by atoms with Crippen molar-refractivity contribution in [2.75, 3.05) is 37.0 Å². The van der Waals surface area contributed by atoms with E-state index in [2.05, 4.69) is 20.1 Å². The normalized spacial score (nSPS) is 16.9. The Morgan fingerprint density at radius 1 is 1.30 bits per heavy atom. The first-order valence-corrected chi connectivity index (χ1v) is 7.45. The van der Waals surface area contributed by atoms with Gasteiger partial charge in [-0.2, -0.15) is 5.26 Å². The fourth-order valence-corrected chi connectivity index (χ4v) is 2.58. The van der Waals surface area contributed by atoms with Gasteiger partial charge in [0, 0.05) is 33.3 Å². The van der Waals surface area contributed by atoms with E-state index in [4.69, 9.17) is 10.00 Å². The highest BCUT2D eigenvalue weighted by molar-refractivity contribution is 5.51. The molecule has 23 heavy (non-hydrogen) atoms. The molecule has 3 heterocycles. The SMILES string of the molecule is CN(C)c1ncccc1O[C@@H]1CCN(c2ccc(C#N)nn2)C1. The number of hydrogen-bond donors (Lipinski definition) is 0. The summed E-state index contributed by atoms with van der Waals surface area (Å²) < 4.78 is 6.12. The molecule has 118 valence electrons. The molecule has 0 amide bonds. The molecule has 0 saturated carbocycles. The van der Waals surface area contributed by atoms with Gasteiger partial charge in [-0.25, -0.2) is 4.98 Å². The van der Waals surface area contributed by atoms with E-state index in [-0.39, 0.29) is 6.10 Å². The molecule has 1 saturated heterocycles. The number of nitriles is 1. The fraction of sp³-hybridized carbons (Fsp3) is 0.375. The second-order valence-corrected chi connectivity index (χ2v) is 5.58. The van der Waals surface area contributed by atoms with Crippen molar-refractivity contribution in [3.8, 4) is 11.8 Å². The van der Waals surface area contributed by atoms with Gasteiger partial charge in [-0.1, -0.05) is 0 Å². The second kappa shape index (κ2) is 6.48. The minimum atomic E-state index is 0.0790. The molecule has 0 aliphatic carbocycles. The summed E-state index contributed by atoms with van der Waals surface area (Å²) in [4.78, 5) is 8.41. The lowest BCUT2D eigenvalue weighted by Crippen LogP contribution is -2.26. The third-order valence-electron chi connectivity index (χ3n) is 3.70. The van der Waals surface area contributed by atoms with Crippen LogP contribution in [0.15, 0.2) is 30.5 Å². The van der Waals surface area contributed by atoms with E-state index in [9.17, 15) is 0 Å². The maximum Gasteiger partial charge on any atom is 0.170 e. The van der Waals surface area contributed by atoms with Crippen molar-refractivity contribution >= 4 is 11.6 Å². The summed E-state index contributed by atoms with van der Waals surface area (Å²) in [7, 11) is 3.89. The number of rotatable bonds is 4. The van der Waals surface area contributed by atoms with Crippen LogP contribution in [0.1, 0.15) is 12.1 Å². The molecule has 0 bridgehead atoms. The van der Waals surface area contributed by atoms with E-state index in [1.165, 1.54) is 0 Å². The second-order valence-electron chi connectivity index (χ2n) is 5.58. The van der Waals surface area contributed by atoms with E-state index in [1.807, 2.05) is 43.3 Å². The maximum absolute atomic E-state index is 8.77. The quantitative estimate of drug-likeness (QED) is 0.846. The highest BCUT2D eigenvalue weighted by Gasteiger charge is 2.26. The third kappa shape index (κ3) is 3.31. The van der Waals surface area contributed by atoms with Crippen molar-refractivity contribution < 1.29 is 4.74 Å². The van der Waals surface area contributed by atoms with Gasteiger partial charge in [-0.3, -0.25) is 0 Å². The van der Waals surface area contributed by atoms with Crippen LogP contribution in [0.4, 0.5) is 11.6 Å². The Morgan fingerprint density at radius 2 is 2.17 bits per heavy atom. The number of anilines is 2. The Hall–Kier alpha value is -2.88. The maximum atomic E-state index is 8.77. The minimum Gasteiger partial charge on any atom is -0.485 e. The van der Waals surface area contributed by atoms with E-state index in [0.717, 1.165) is 36.9 Å². The van der Waals surface area contributed by atoms with Gasteiger partial charge < -0.3 is 14.5 Å². The Bertz CT molecular complexity index is 709. The predicted molar refractivity (Wildman–Crippen MR) is 86.6 cm³/mol. The van der Waals surface area contributed by atoms with E-state index in [0.29, 0.717) is 5.69 Å². The lowest BCUT2D eigenvalue weighted by molar-refractivity contribution is 0.225. The molecule has 3 rings (SSSR count). The highest BCUT2D eigenvalue weighted by Crippen LogP contribution is 2.27. The van der Waals surface area contributed by atoms with Crippen LogP contribution in [0.2, 0.25) is 0 Å². The first-order valence-electron chi connectivity index (χ1n) is 7.45. The van der Waals surface area contributed by atoms with Gasteiger partial charge in [0.1, 0.15) is 12.2 Å². The first kappa shape index (κ1) is 15.0. The van der Waals surface area contributed by atoms with Crippen molar-refractivity contribution in [2.45, 2.75) is 12.5 Å².